The molecule has 0 saturated heterocycles. The summed E-state index contributed by atoms with van der Waals surface area (Å²) in [5.41, 5.74) is 1.43. The van der Waals surface area contributed by atoms with E-state index in [1.54, 1.807) is 12.1 Å². The minimum Gasteiger partial charge on any atom is -0.465 e. The third-order valence-corrected chi connectivity index (χ3v) is 2.48. The van der Waals surface area contributed by atoms with Crippen LogP contribution in [0.15, 0.2) is 18.2 Å². The van der Waals surface area contributed by atoms with Gasteiger partial charge in [0.1, 0.15) is 5.82 Å². The van der Waals surface area contributed by atoms with Crippen molar-refractivity contribution >= 4 is 6.09 Å². The predicted molar refractivity (Wildman–Crippen MR) is 48.5 cm³/mol. The molecule has 1 aliphatic heterocycles. The zero-order valence-corrected chi connectivity index (χ0v) is 7.53. The van der Waals surface area contributed by atoms with Crippen LogP contribution in [0.25, 0.3) is 0 Å². The maximum absolute atomic E-state index is 13.2. The molecular formula is C10H10FNO2. The highest BCUT2D eigenvalue weighted by Crippen LogP contribution is 2.21. The van der Waals surface area contributed by atoms with Crippen LogP contribution >= 0.6 is 0 Å². The van der Waals surface area contributed by atoms with Crippen LogP contribution in [0.4, 0.5) is 9.18 Å². The van der Waals surface area contributed by atoms with Crippen molar-refractivity contribution in [2.75, 3.05) is 6.54 Å². The average Bonchev–Trinajstić information content (AvgIpc) is 2.17. The second-order valence-corrected chi connectivity index (χ2v) is 3.33. The fraction of sp³-hybridized carbons (Fsp3) is 0.300. The molecule has 2 rings (SSSR count). The number of carboxylic acid groups (broad SMARTS) is 1. The summed E-state index contributed by atoms with van der Waals surface area (Å²) in [5.74, 6) is -0.229. The van der Waals surface area contributed by atoms with Gasteiger partial charge in [-0.15, -0.1) is 0 Å². The van der Waals surface area contributed by atoms with Crippen LogP contribution in [0, 0.1) is 5.82 Å². The Hall–Kier alpha value is -1.58. The van der Waals surface area contributed by atoms with Crippen LogP contribution in [0.3, 0.4) is 0 Å². The van der Waals surface area contributed by atoms with Crippen LogP contribution in [0.1, 0.15) is 11.1 Å². The number of halogens is 1. The van der Waals surface area contributed by atoms with Gasteiger partial charge in [-0.05, 0) is 23.6 Å². The highest BCUT2D eigenvalue weighted by atomic mass is 19.1. The van der Waals surface area contributed by atoms with Gasteiger partial charge in [-0.3, -0.25) is 0 Å². The summed E-state index contributed by atoms with van der Waals surface area (Å²) >= 11 is 0. The molecule has 0 bridgehead atoms. The van der Waals surface area contributed by atoms with E-state index in [4.69, 9.17) is 5.11 Å². The Morgan fingerprint density at radius 1 is 1.50 bits per heavy atom. The van der Waals surface area contributed by atoms with E-state index in [1.165, 1.54) is 11.0 Å². The van der Waals surface area contributed by atoms with E-state index < -0.39 is 6.09 Å². The predicted octanol–water partition coefficient (Wildman–Crippen LogP) is 1.86. The van der Waals surface area contributed by atoms with Crippen LogP contribution < -0.4 is 0 Å². The molecule has 0 spiro atoms. The summed E-state index contributed by atoms with van der Waals surface area (Å²) in [6.07, 6.45) is -0.478. The molecule has 1 aromatic rings. The lowest BCUT2D eigenvalue weighted by Crippen LogP contribution is -2.35. The second kappa shape index (κ2) is 3.29. The van der Waals surface area contributed by atoms with Crippen molar-refractivity contribution in [3.63, 3.8) is 0 Å². The normalized spacial score (nSPS) is 15.1. The first kappa shape index (κ1) is 8.99. The van der Waals surface area contributed by atoms with Crippen LogP contribution in [-0.4, -0.2) is 22.6 Å². The molecule has 0 aliphatic carbocycles. The molecule has 1 amide bonds. The first-order valence-corrected chi connectivity index (χ1v) is 4.42. The Labute approximate surface area is 80.8 Å². The molecule has 1 N–H and O–H groups in total. The van der Waals surface area contributed by atoms with E-state index in [9.17, 15) is 9.18 Å². The summed E-state index contributed by atoms with van der Waals surface area (Å²) in [6, 6.07) is 4.79. The van der Waals surface area contributed by atoms with Gasteiger partial charge in [-0.2, -0.15) is 0 Å². The first-order valence-electron chi connectivity index (χ1n) is 4.42. The number of rotatable bonds is 0. The topological polar surface area (TPSA) is 40.5 Å². The van der Waals surface area contributed by atoms with Gasteiger partial charge in [0, 0.05) is 13.1 Å². The van der Waals surface area contributed by atoms with E-state index in [-0.39, 0.29) is 5.82 Å². The molecule has 0 aromatic heterocycles. The van der Waals surface area contributed by atoms with Crippen molar-refractivity contribution in [1.29, 1.82) is 0 Å². The van der Waals surface area contributed by atoms with Gasteiger partial charge in [0.25, 0.3) is 0 Å². The molecule has 0 unspecified atom stereocenters. The van der Waals surface area contributed by atoms with Crippen molar-refractivity contribution in [2.45, 2.75) is 13.0 Å². The fourth-order valence-electron chi connectivity index (χ4n) is 1.73. The molecule has 0 radical (unpaired) electrons. The summed E-state index contributed by atoms with van der Waals surface area (Å²) in [4.78, 5) is 12.0. The maximum atomic E-state index is 13.2. The number of hydrogen-bond donors (Lipinski definition) is 1. The van der Waals surface area contributed by atoms with E-state index in [2.05, 4.69) is 0 Å². The molecule has 0 atom stereocenters. The first-order chi connectivity index (χ1) is 6.68. The number of nitrogens with zero attached hydrogens (tertiary/aromatic N) is 1. The molecule has 74 valence electrons. The molecule has 1 heterocycles. The summed E-state index contributed by atoms with van der Waals surface area (Å²) in [7, 11) is 0. The third-order valence-electron chi connectivity index (χ3n) is 2.48. The Morgan fingerprint density at radius 2 is 2.29 bits per heavy atom. The van der Waals surface area contributed by atoms with Gasteiger partial charge in [0.05, 0.1) is 0 Å². The third kappa shape index (κ3) is 1.43. The zero-order chi connectivity index (χ0) is 10.1. The van der Waals surface area contributed by atoms with Crippen molar-refractivity contribution < 1.29 is 14.3 Å². The maximum Gasteiger partial charge on any atom is 0.407 e. The number of carbonyl (C=O) groups is 1. The highest BCUT2D eigenvalue weighted by molar-refractivity contribution is 5.65. The van der Waals surface area contributed by atoms with Crippen molar-refractivity contribution in [2.24, 2.45) is 0 Å². The van der Waals surface area contributed by atoms with Gasteiger partial charge in [0.2, 0.25) is 0 Å². The second-order valence-electron chi connectivity index (χ2n) is 3.33. The zero-order valence-electron chi connectivity index (χ0n) is 7.53. The SMILES string of the molecule is O=C(O)N1CCc2c(F)cccc2C1. The lowest BCUT2D eigenvalue weighted by Gasteiger charge is -2.26. The molecular weight excluding hydrogens is 185 g/mol. The highest BCUT2D eigenvalue weighted by Gasteiger charge is 2.21. The Bertz CT molecular complexity index is 378. The van der Waals surface area contributed by atoms with Crippen molar-refractivity contribution in [1.82, 2.24) is 4.90 Å². The Balaban J connectivity index is 2.31. The summed E-state index contributed by atoms with van der Waals surface area (Å²) < 4.78 is 13.2. The molecule has 1 aliphatic rings. The lowest BCUT2D eigenvalue weighted by atomic mass is 10.00. The van der Waals surface area contributed by atoms with Gasteiger partial charge in [-0.25, -0.2) is 9.18 Å². The Kier molecular flexibility index (Phi) is 2.11. The number of amides is 1. The molecule has 0 saturated carbocycles. The average molecular weight is 195 g/mol. The molecule has 0 fully saturated rings. The monoisotopic (exact) mass is 195 g/mol. The molecule has 4 heteroatoms. The summed E-state index contributed by atoms with van der Waals surface area (Å²) in [6.45, 7) is 0.672. The van der Waals surface area contributed by atoms with Crippen molar-refractivity contribution in [3.8, 4) is 0 Å². The minimum atomic E-state index is -0.945. The minimum absolute atomic E-state index is 0.229. The van der Waals surface area contributed by atoms with E-state index in [0.29, 0.717) is 25.1 Å². The fourth-order valence-corrected chi connectivity index (χ4v) is 1.73. The number of benzene rings is 1. The molecule has 1 aromatic carbocycles. The lowest BCUT2D eigenvalue weighted by molar-refractivity contribution is 0.139. The standard InChI is InChI=1S/C10H10FNO2/c11-9-3-1-2-7-6-12(10(13)14)5-4-8(7)9/h1-3H,4-6H2,(H,13,14). The number of fused-ring (bicyclic) bond motifs is 1. The van der Waals surface area contributed by atoms with E-state index in [1.807, 2.05) is 0 Å². The summed E-state index contributed by atoms with van der Waals surface area (Å²) in [5, 5.41) is 8.77. The molecule has 3 nitrogen and oxygen atoms in total. The van der Waals surface area contributed by atoms with Crippen LogP contribution in [0.5, 0.6) is 0 Å². The molecule has 14 heavy (non-hydrogen) atoms. The van der Waals surface area contributed by atoms with Crippen LogP contribution in [0.2, 0.25) is 0 Å². The number of hydrogen-bond acceptors (Lipinski definition) is 1. The Morgan fingerprint density at radius 3 is 3.00 bits per heavy atom. The largest absolute Gasteiger partial charge is 0.465 e. The van der Waals surface area contributed by atoms with E-state index >= 15 is 0 Å². The van der Waals surface area contributed by atoms with Gasteiger partial charge >= 0.3 is 6.09 Å². The van der Waals surface area contributed by atoms with E-state index in [0.717, 1.165) is 5.56 Å². The smallest absolute Gasteiger partial charge is 0.407 e. The van der Waals surface area contributed by atoms with Gasteiger partial charge < -0.3 is 10.0 Å². The van der Waals surface area contributed by atoms with Crippen LogP contribution in [-0.2, 0) is 13.0 Å². The van der Waals surface area contributed by atoms with Crippen molar-refractivity contribution in [3.05, 3.63) is 35.1 Å². The quantitative estimate of drug-likeness (QED) is 0.686. The van der Waals surface area contributed by atoms with Gasteiger partial charge in [0.15, 0.2) is 0 Å². The van der Waals surface area contributed by atoms with Gasteiger partial charge in [-0.1, -0.05) is 12.1 Å².